The quantitative estimate of drug-likeness (QED) is 0.394. The van der Waals surface area contributed by atoms with E-state index < -0.39 is 0 Å². The molecule has 1 saturated carbocycles. The Morgan fingerprint density at radius 1 is 1.41 bits per heavy atom. The van der Waals surface area contributed by atoms with Crippen LogP contribution in [0.15, 0.2) is 11.2 Å². The van der Waals surface area contributed by atoms with Crippen LogP contribution in [-0.4, -0.2) is 44.3 Å². The van der Waals surface area contributed by atoms with Crippen LogP contribution in [0.2, 0.25) is 0 Å². The zero-order chi connectivity index (χ0) is 15.6. The van der Waals surface area contributed by atoms with Crippen LogP contribution in [0.3, 0.4) is 0 Å². The Hall–Kier alpha value is -1.14. The largest absolute Gasteiger partial charge is 0.381 e. The average molecular weight is 324 g/mol. The Morgan fingerprint density at radius 3 is 2.91 bits per heavy atom. The van der Waals surface area contributed by atoms with Gasteiger partial charge in [0.1, 0.15) is 0 Å². The molecule has 1 aromatic rings. The molecule has 124 valence electrons. The number of aromatic nitrogens is 1. The summed E-state index contributed by atoms with van der Waals surface area (Å²) in [4.78, 5) is 10.0. The maximum absolute atomic E-state index is 5.62. The third-order valence-electron chi connectivity index (χ3n) is 3.61. The summed E-state index contributed by atoms with van der Waals surface area (Å²) in [6.07, 6.45) is 7.71. The summed E-state index contributed by atoms with van der Waals surface area (Å²) in [5, 5.41) is 7.83. The molecule has 0 atom stereocenters. The van der Waals surface area contributed by atoms with E-state index in [0.717, 1.165) is 57.4 Å². The van der Waals surface area contributed by atoms with Gasteiger partial charge in [0, 0.05) is 50.8 Å². The third kappa shape index (κ3) is 6.75. The fourth-order valence-corrected chi connectivity index (χ4v) is 2.91. The van der Waals surface area contributed by atoms with Crippen LogP contribution in [0.1, 0.15) is 36.1 Å². The normalized spacial score (nSPS) is 15.1. The highest BCUT2D eigenvalue weighted by molar-refractivity contribution is 7.11. The molecule has 0 amide bonds. The number of nitrogens with zero attached hydrogens (tertiary/aromatic N) is 2. The molecule has 1 aliphatic rings. The lowest BCUT2D eigenvalue weighted by Crippen LogP contribution is -2.39. The van der Waals surface area contributed by atoms with E-state index in [0.29, 0.717) is 0 Å². The van der Waals surface area contributed by atoms with Crippen molar-refractivity contribution in [1.29, 1.82) is 0 Å². The lowest BCUT2D eigenvalue weighted by molar-refractivity contribution is 0.123. The Morgan fingerprint density at radius 2 is 2.23 bits per heavy atom. The molecule has 0 bridgehead atoms. The molecule has 6 heteroatoms. The lowest BCUT2D eigenvalue weighted by atomic mass is 10.4. The molecule has 0 saturated heterocycles. The highest BCUT2D eigenvalue weighted by atomic mass is 32.1. The topological polar surface area (TPSA) is 58.5 Å². The number of aliphatic imine (C=N–C) groups is 1. The SMILES string of the molecule is CCc1cnc(CCNC(=NC)NCCCOCC2CC2)s1. The zero-order valence-corrected chi connectivity index (χ0v) is 14.5. The summed E-state index contributed by atoms with van der Waals surface area (Å²) in [5.74, 6) is 1.70. The number of aryl methyl sites for hydroxylation is 1. The van der Waals surface area contributed by atoms with Gasteiger partial charge in [-0.3, -0.25) is 4.99 Å². The summed E-state index contributed by atoms with van der Waals surface area (Å²) < 4.78 is 5.62. The first kappa shape index (κ1) is 17.2. The molecule has 0 unspecified atom stereocenters. The van der Waals surface area contributed by atoms with Crippen molar-refractivity contribution in [3.8, 4) is 0 Å². The van der Waals surface area contributed by atoms with E-state index in [1.807, 2.05) is 6.20 Å². The molecule has 0 radical (unpaired) electrons. The van der Waals surface area contributed by atoms with Gasteiger partial charge in [0.25, 0.3) is 0 Å². The van der Waals surface area contributed by atoms with E-state index in [9.17, 15) is 0 Å². The monoisotopic (exact) mass is 324 g/mol. The molecule has 1 fully saturated rings. The molecule has 1 aliphatic carbocycles. The van der Waals surface area contributed by atoms with Crippen LogP contribution in [-0.2, 0) is 17.6 Å². The Balaban J connectivity index is 1.50. The van der Waals surface area contributed by atoms with Gasteiger partial charge in [-0.2, -0.15) is 0 Å². The van der Waals surface area contributed by atoms with Crippen molar-refractivity contribution in [2.45, 2.75) is 39.0 Å². The minimum absolute atomic E-state index is 0.833. The van der Waals surface area contributed by atoms with Crippen molar-refractivity contribution in [3.05, 3.63) is 16.1 Å². The van der Waals surface area contributed by atoms with Gasteiger partial charge in [-0.25, -0.2) is 4.98 Å². The van der Waals surface area contributed by atoms with Crippen molar-refractivity contribution >= 4 is 17.3 Å². The first-order chi connectivity index (χ1) is 10.8. The fourth-order valence-electron chi connectivity index (χ4n) is 2.05. The van der Waals surface area contributed by atoms with Crippen LogP contribution in [0.5, 0.6) is 0 Å². The van der Waals surface area contributed by atoms with Gasteiger partial charge in [-0.15, -0.1) is 11.3 Å². The highest BCUT2D eigenvalue weighted by Gasteiger charge is 2.20. The van der Waals surface area contributed by atoms with Crippen molar-refractivity contribution in [3.63, 3.8) is 0 Å². The van der Waals surface area contributed by atoms with Crippen LogP contribution in [0.25, 0.3) is 0 Å². The summed E-state index contributed by atoms with van der Waals surface area (Å²) >= 11 is 1.80. The zero-order valence-electron chi connectivity index (χ0n) is 13.7. The van der Waals surface area contributed by atoms with Crippen molar-refractivity contribution in [2.75, 3.05) is 33.4 Å². The van der Waals surface area contributed by atoms with Gasteiger partial charge in [0.2, 0.25) is 0 Å². The van der Waals surface area contributed by atoms with Crippen molar-refractivity contribution < 1.29 is 4.74 Å². The van der Waals surface area contributed by atoms with Crippen LogP contribution in [0, 0.1) is 5.92 Å². The standard InChI is InChI=1S/C16H28N4OS/c1-3-14-11-20-15(22-14)7-9-19-16(17-2)18-8-4-10-21-12-13-5-6-13/h11,13H,3-10,12H2,1-2H3,(H2,17,18,19). The Kier molecular flexibility index (Phi) is 7.66. The molecule has 1 aromatic heterocycles. The minimum Gasteiger partial charge on any atom is -0.381 e. The van der Waals surface area contributed by atoms with E-state index in [-0.39, 0.29) is 0 Å². The van der Waals surface area contributed by atoms with Gasteiger partial charge < -0.3 is 15.4 Å². The number of hydrogen-bond donors (Lipinski definition) is 2. The van der Waals surface area contributed by atoms with Crippen LogP contribution in [0.4, 0.5) is 0 Å². The second-order valence-electron chi connectivity index (χ2n) is 5.62. The molecule has 0 aliphatic heterocycles. The third-order valence-corrected chi connectivity index (χ3v) is 4.81. The van der Waals surface area contributed by atoms with E-state index >= 15 is 0 Å². The number of hydrogen-bond acceptors (Lipinski definition) is 4. The summed E-state index contributed by atoms with van der Waals surface area (Å²) in [7, 11) is 1.80. The van der Waals surface area contributed by atoms with Gasteiger partial charge >= 0.3 is 0 Å². The van der Waals surface area contributed by atoms with E-state index in [1.165, 1.54) is 22.7 Å². The first-order valence-electron chi connectivity index (χ1n) is 8.27. The number of guanidine groups is 1. The Bertz CT molecular complexity index is 457. The van der Waals surface area contributed by atoms with E-state index in [1.54, 1.807) is 18.4 Å². The minimum atomic E-state index is 0.833. The summed E-state index contributed by atoms with van der Waals surface area (Å²) in [5.41, 5.74) is 0. The maximum atomic E-state index is 5.62. The predicted molar refractivity (Wildman–Crippen MR) is 92.7 cm³/mol. The molecular formula is C16H28N4OS. The van der Waals surface area contributed by atoms with Crippen LogP contribution < -0.4 is 10.6 Å². The molecule has 1 heterocycles. The molecule has 2 rings (SSSR count). The molecule has 22 heavy (non-hydrogen) atoms. The molecule has 2 N–H and O–H groups in total. The smallest absolute Gasteiger partial charge is 0.190 e. The number of thiazole rings is 1. The number of nitrogens with one attached hydrogen (secondary N) is 2. The lowest BCUT2D eigenvalue weighted by Gasteiger charge is -2.11. The van der Waals surface area contributed by atoms with E-state index in [4.69, 9.17) is 4.74 Å². The highest BCUT2D eigenvalue weighted by Crippen LogP contribution is 2.28. The van der Waals surface area contributed by atoms with Gasteiger partial charge in [-0.1, -0.05) is 6.92 Å². The number of rotatable bonds is 10. The molecule has 0 spiro atoms. The first-order valence-corrected chi connectivity index (χ1v) is 9.09. The average Bonchev–Trinajstić information content (AvgIpc) is 3.25. The van der Waals surface area contributed by atoms with Crippen LogP contribution >= 0.6 is 11.3 Å². The maximum Gasteiger partial charge on any atom is 0.190 e. The summed E-state index contributed by atoms with van der Waals surface area (Å²) in [6, 6.07) is 0. The molecule has 5 nitrogen and oxygen atoms in total. The van der Waals surface area contributed by atoms with Gasteiger partial charge in [0.05, 0.1) is 5.01 Å². The summed E-state index contributed by atoms with van der Waals surface area (Å²) in [6.45, 7) is 5.69. The van der Waals surface area contributed by atoms with Crippen molar-refractivity contribution in [2.24, 2.45) is 10.9 Å². The molecular weight excluding hydrogens is 296 g/mol. The molecule has 0 aromatic carbocycles. The Labute approximate surface area is 137 Å². The van der Waals surface area contributed by atoms with Gasteiger partial charge in [-0.05, 0) is 31.6 Å². The predicted octanol–water partition coefficient (Wildman–Crippen LogP) is 2.23. The second-order valence-corrected chi connectivity index (χ2v) is 6.82. The fraction of sp³-hybridized carbons (Fsp3) is 0.750. The van der Waals surface area contributed by atoms with Crippen molar-refractivity contribution in [1.82, 2.24) is 15.6 Å². The van der Waals surface area contributed by atoms with Gasteiger partial charge in [0.15, 0.2) is 5.96 Å². The van der Waals surface area contributed by atoms with E-state index in [2.05, 4.69) is 27.5 Å². The number of ether oxygens (including phenoxy) is 1. The second kappa shape index (κ2) is 9.79.